The summed E-state index contributed by atoms with van der Waals surface area (Å²) in [5, 5.41) is 16.0. The van der Waals surface area contributed by atoms with Crippen molar-refractivity contribution in [2.45, 2.75) is 31.8 Å². The van der Waals surface area contributed by atoms with Gasteiger partial charge in [-0.2, -0.15) is 0 Å². The zero-order valence-corrected chi connectivity index (χ0v) is 14.6. The van der Waals surface area contributed by atoms with Crippen molar-refractivity contribution < 1.29 is 14.6 Å². The molecule has 5 nitrogen and oxygen atoms in total. The van der Waals surface area contributed by atoms with E-state index in [1.54, 1.807) is 11.3 Å². The highest BCUT2D eigenvalue weighted by molar-refractivity contribution is 7.13. The number of nitrogens with zero attached hydrogens (tertiary/aromatic N) is 1. The zero-order valence-electron chi connectivity index (χ0n) is 13.7. The molecular formula is C18H22N2O3S. The molecule has 6 heteroatoms. The molecule has 0 unspecified atom stereocenters. The molecule has 0 bridgehead atoms. The Morgan fingerprint density at radius 3 is 2.96 bits per heavy atom. The van der Waals surface area contributed by atoms with E-state index in [0.717, 1.165) is 16.3 Å². The molecule has 2 heterocycles. The Labute approximate surface area is 145 Å². The van der Waals surface area contributed by atoms with E-state index in [2.05, 4.69) is 16.4 Å². The van der Waals surface area contributed by atoms with Crippen LogP contribution in [0.1, 0.15) is 24.1 Å². The van der Waals surface area contributed by atoms with Gasteiger partial charge < -0.3 is 15.2 Å². The van der Waals surface area contributed by atoms with E-state index in [4.69, 9.17) is 4.74 Å². The Morgan fingerprint density at radius 1 is 1.42 bits per heavy atom. The Morgan fingerprint density at radius 2 is 2.21 bits per heavy atom. The maximum Gasteiger partial charge on any atom is 0.226 e. The molecule has 2 aromatic rings. The molecule has 0 spiro atoms. The maximum atomic E-state index is 12.1. The summed E-state index contributed by atoms with van der Waals surface area (Å²) in [6.45, 7) is 3.40. The predicted octanol–water partition coefficient (Wildman–Crippen LogP) is 2.32. The fraction of sp³-hybridized carbons (Fsp3) is 0.444. The number of ether oxygens (including phenoxy) is 1. The predicted molar refractivity (Wildman–Crippen MR) is 94.0 cm³/mol. The molecule has 3 rings (SSSR count). The first-order valence-corrected chi connectivity index (χ1v) is 9.00. The van der Waals surface area contributed by atoms with Crippen LogP contribution < -0.4 is 5.32 Å². The summed E-state index contributed by atoms with van der Waals surface area (Å²) in [5.74, 6) is -0.115. The van der Waals surface area contributed by atoms with E-state index in [1.165, 1.54) is 5.56 Å². The molecule has 128 valence electrons. The van der Waals surface area contributed by atoms with E-state index in [-0.39, 0.29) is 18.9 Å². The maximum absolute atomic E-state index is 12.1. The second-order valence-electron chi connectivity index (χ2n) is 6.30. The van der Waals surface area contributed by atoms with Crippen LogP contribution in [0.2, 0.25) is 0 Å². The van der Waals surface area contributed by atoms with E-state index in [0.29, 0.717) is 26.1 Å². The second kappa shape index (κ2) is 7.42. The lowest BCUT2D eigenvalue weighted by molar-refractivity contribution is -0.123. The molecule has 2 N–H and O–H groups in total. The number of hydrogen-bond donors (Lipinski definition) is 2. The van der Waals surface area contributed by atoms with Crippen LogP contribution in [0.15, 0.2) is 29.6 Å². The highest BCUT2D eigenvalue weighted by Crippen LogP contribution is 2.24. The summed E-state index contributed by atoms with van der Waals surface area (Å²) in [6.07, 6.45) is 1.35. The lowest BCUT2D eigenvalue weighted by Crippen LogP contribution is -2.46. The Balaban J connectivity index is 1.55. The molecule has 24 heavy (non-hydrogen) atoms. The summed E-state index contributed by atoms with van der Waals surface area (Å²) in [6, 6.07) is 8.17. The number of aliphatic hydroxyl groups is 1. The third kappa shape index (κ3) is 4.41. The van der Waals surface area contributed by atoms with Gasteiger partial charge in [-0.05, 0) is 13.0 Å². The summed E-state index contributed by atoms with van der Waals surface area (Å²) >= 11 is 1.54. The Hall–Kier alpha value is -1.76. The van der Waals surface area contributed by atoms with Crippen LogP contribution in [0.5, 0.6) is 0 Å². The normalized spacial score (nSPS) is 16.8. The first-order chi connectivity index (χ1) is 11.5. The number of nitrogens with one attached hydrogen (secondary N) is 1. The average Bonchev–Trinajstić information content (AvgIpc) is 3.02. The number of benzene rings is 1. The summed E-state index contributed by atoms with van der Waals surface area (Å²) in [4.78, 5) is 16.7. The number of aromatic nitrogens is 1. The number of amides is 1. The highest BCUT2D eigenvalue weighted by atomic mass is 32.1. The van der Waals surface area contributed by atoms with Crippen LogP contribution in [-0.2, 0) is 16.0 Å². The lowest BCUT2D eigenvalue weighted by atomic mass is 9.94. The van der Waals surface area contributed by atoms with Gasteiger partial charge in [-0.15, -0.1) is 11.3 Å². The second-order valence-corrected chi connectivity index (χ2v) is 7.16. The molecule has 1 aromatic heterocycles. The number of hydrogen-bond acceptors (Lipinski definition) is 5. The minimum Gasteiger partial charge on any atom is -0.388 e. The van der Waals surface area contributed by atoms with Gasteiger partial charge in [-0.3, -0.25) is 4.79 Å². The first kappa shape index (κ1) is 17.1. The molecule has 1 aliphatic rings. The summed E-state index contributed by atoms with van der Waals surface area (Å²) in [5.41, 5.74) is 2.17. The SMILES string of the molecule is Cc1cccc(-c2nc(CC(=O)NCC3(O)CCOCC3)cs2)c1. The molecule has 0 radical (unpaired) electrons. The monoisotopic (exact) mass is 346 g/mol. The highest BCUT2D eigenvalue weighted by Gasteiger charge is 2.30. The van der Waals surface area contributed by atoms with Crippen molar-refractivity contribution in [3.05, 3.63) is 40.9 Å². The number of carbonyl (C=O) groups excluding carboxylic acids is 1. The molecule has 1 aliphatic heterocycles. The van der Waals surface area contributed by atoms with Crippen LogP contribution in [0.4, 0.5) is 0 Å². The zero-order chi connectivity index (χ0) is 17.0. The van der Waals surface area contributed by atoms with Crippen molar-refractivity contribution in [2.24, 2.45) is 0 Å². The van der Waals surface area contributed by atoms with Gasteiger partial charge in [-0.25, -0.2) is 4.98 Å². The number of thiazole rings is 1. The van der Waals surface area contributed by atoms with Gasteiger partial charge in [0.05, 0.1) is 17.7 Å². The number of rotatable bonds is 5. The van der Waals surface area contributed by atoms with Crippen molar-refractivity contribution in [3.8, 4) is 10.6 Å². The third-order valence-electron chi connectivity index (χ3n) is 4.20. The number of carbonyl (C=O) groups is 1. The molecule has 1 amide bonds. The molecule has 1 saturated heterocycles. The number of aryl methyl sites for hydroxylation is 1. The van der Waals surface area contributed by atoms with E-state index >= 15 is 0 Å². The fourth-order valence-electron chi connectivity index (χ4n) is 2.72. The lowest BCUT2D eigenvalue weighted by Gasteiger charge is -2.32. The van der Waals surface area contributed by atoms with Gasteiger partial charge in [0.2, 0.25) is 5.91 Å². The van der Waals surface area contributed by atoms with Crippen molar-refractivity contribution in [3.63, 3.8) is 0 Å². The van der Waals surface area contributed by atoms with Gasteiger partial charge in [0.1, 0.15) is 5.01 Å². The van der Waals surface area contributed by atoms with E-state index < -0.39 is 5.60 Å². The van der Waals surface area contributed by atoms with Crippen molar-refractivity contribution in [1.82, 2.24) is 10.3 Å². The summed E-state index contributed by atoms with van der Waals surface area (Å²) in [7, 11) is 0. The van der Waals surface area contributed by atoms with Crippen molar-refractivity contribution in [1.29, 1.82) is 0 Å². The van der Waals surface area contributed by atoms with Gasteiger partial charge in [0.15, 0.2) is 0 Å². The van der Waals surface area contributed by atoms with Crippen LogP contribution >= 0.6 is 11.3 Å². The fourth-order valence-corrected chi connectivity index (χ4v) is 3.53. The Kier molecular flexibility index (Phi) is 5.28. The molecule has 0 aliphatic carbocycles. The average molecular weight is 346 g/mol. The quantitative estimate of drug-likeness (QED) is 0.872. The van der Waals surface area contributed by atoms with E-state index in [1.807, 2.05) is 30.5 Å². The third-order valence-corrected chi connectivity index (χ3v) is 5.14. The minimum atomic E-state index is -0.845. The molecular weight excluding hydrogens is 324 g/mol. The minimum absolute atomic E-state index is 0.115. The Bertz CT molecular complexity index is 708. The van der Waals surface area contributed by atoms with Crippen LogP contribution in [0.25, 0.3) is 10.6 Å². The van der Waals surface area contributed by atoms with Crippen molar-refractivity contribution >= 4 is 17.2 Å². The van der Waals surface area contributed by atoms with Crippen LogP contribution in [0, 0.1) is 6.92 Å². The van der Waals surface area contributed by atoms with Crippen molar-refractivity contribution in [2.75, 3.05) is 19.8 Å². The topological polar surface area (TPSA) is 71.5 Å². The van der Waals surface area contributed by atoms with Gasteiger partial charge >= 0.3 is 0 Å². The standard InChI is InChI=1S/C18H22N2O3S/c1-13-3-2-4-14(9-13)17-20-15(11-24-17)10-16(21)19-12-18(22)5-7-23-8-6-18/h2-4,9,11,22H,5-8,10,12H2,1H3,(H,19,21). The van der Waals surface area contributed by atoms with E-state index in [9.17, 15) is 9.90 Å². The first-order valence-electron chi connectivity index (χ1n) is 8.12. The molecule has 0 saturated carbocycles. The molecule has 0 atom stereocenters. The molecule has 1 fully saturated rings. The molecule has 1 aromatic carbocycles. The van der Waals surface area contributed by atoms with Gasteiger partial charge in [0.25, 0.3) is 0 Å². The smallest absolute Gasteiger partial charge is 0.226 e. The largest absolute Gasteiger partial charge is 0.388 e. The van der Waals surface area contributed by atoms with Gasteiger partial charge in [0, 0.05) is 43.5 Å². The van der Waals surface area contributed by atoms with Crippen LogP contribution in [-0.4, -0.2) is 41.4 Å². The van der Waals surface area contributed by atoms with Crippen LogP contribution in [0.3, 0.4) is 0 Å². The summed E-state index contributed by atoms with van der Waals surface area (Å²) < 4.78 is 5.24. The van der Waals surface area contributed by atoms with Gasteiger partial charge in [-0.1, -0.05) is 23.8 Å².